The van der Waals surface area contributed by atoms with E-state index in [-0.39, 0.29) is 4.90 Å². The lowest BCUT2D eigenvalue weighted by molar-refractivity contribution is 0.194. The predicted octanol–water partition coefficient (Wildman–Crippen LogP) is 2.33. The summed E-state index contributed by atoms with van der Waals surface area (Å²) in [5.41, 5.74) is 0.560. The van der Waals surface area contributed by atoms with Crippen molar-refractivity contribution in [3.05, 3.63) is 48.3 Å². The summed E-state index contributed by atoms with van der Waals surface area (Å²) in [5.74, 6) is 1.03. The van der Waals surface area contributed by atoms with Crippen LogP contribution in [0.1, 0.15) is 18.7 Å². The molecule has 0 aliphatic rings. The average Bonchev–Trinajstić information content (AvgIpc) is 2.39. The summed E-state index contributed by atoms with van der Waals surface area (Å²) >= 11 is 0. The maximum Gasteiger partial charge on any atom is 0.175 e. The molecule has 5 nitrogen and oxygen atoms in total. The summed E-state index contributed by atoms with van der Waals surface area (Å²) in [6.45, 7) is 1.63. The van der Waals surface area contributed by atoms with Crippen LogP contribution in [0.4, 0.5) is 0 Å². The van der Waals surface area contributed by atoms with Gasteiger partial charge in [-0.25, -0.2) is 8.42 Å². The second-order valence-electron chi connectivity index (χ2n) is 4.44. The van der Waals surface area contributed by atoms with Gasteiger partial charge < -0.3 is 9.84 Å². The first-order chi connectivity index (χ1) is 9.36. The molecule has 0 saturated carbocycles. The van der Waals surface area contributed by atoms with E-state index in [1.807, 2.05) is 0 Å². The summed E-state index contributed by atoms with van der Waals surface area (Å²) in [5, 5.41) is 9.35. The monoisotopic (exact) mass is 293 g/mol. The maximum atomic E-state index is 11.3. The number of hydrogen-bond acceptors (Lipinski definition) is 5. The maximum absolute atomic E-state index is 11.3. The van der Waals surface area contributed by atoms with Gasteiger partial charge in [-0.3, -0.25) is 4.98 Å². The van der Waals surface area contributed by atoms with E-state index in [1.54, 1.807) is 31.2 Å². The molecule has 0 aliphatic heterocycles. The Bertz CT molecular complexity index is 676. The fourth-order valence-electron chi connectivity index (χ4n) is 1.59. The van der Waals surface area contributed by atoms with E-state index < -0.39 is 15.9 Å². The molecule has 1 atom stereocenters. The van der Waals surface area contributed by atoms with E-state index in [0.717, 1.165) is 6.26 Å². The van der Waals surface area contributed by atoms with E-state index in [2.05, 4.69) is 4.98 Å². The van der Waals surface area contributed by atoms with Crippen molar-refractivity contribution in [2.45, 2.75) is 17.9 Å². The zero-order valence-electron chi connectivity index (χ0n) is 11.1. The molecule has 0 spiro atoms. The van der Waals surface area contributed by atoms with Gasteiger partial charge in [0.2, 0.25) is 0 Å². The van der Waals surface area contributed by atoms with Crippen LogP contribution in [-0.2, 0) is 9.84 Å². The lowest BCUT2D eigenvalue weighted by atomic mass is 10.2. The lowest BCUT2D eigenvalue weighted by Gasteiger charge is -2.08. The first-order valence-corrected chi connectivity index (χ1v) is 7.87. The summed E-state index contributed by atoms with van der Waals surface area (Å²) in [7, 11) is -3.20. The normalized spacial score (nSPS) is 12.9. The fourth-order valence-corrected chi connectivity index (χ4v) is 2.22. The Morgan fingerprint density at radius 2 is 1.70 bits per heavy atom. The Morgan fingerprint density at radius 3 is 2.15 bits per heavy atom. The number of aliphatic hydroxyl groups excluding tert-OH is 1. The highest BCUT2D eigenvalue weighted by Crippen LogP contribution is 2.23. The Labute approximate surface area is 117 Å². The SMILES string of the molecule is CC(O)c1ccc(Oc2ccc(S(C)(=O)=O)cc2)cn1. The largest absolute Gasteiger partial charge is 0.456 e. The third-order valence-corrected chi connectivity index (χ3v) is 3.80. The van der Waals surface area contributed by atoms with Gasteiger partial charge in [-0.05, 0) is 43.3 Å². The molecule has 2 rings (SSSR count). The third kappa shape index (κ3) is 3.55. The van der Waals surface area contributed by atoms with Crippen LogP contribution in [-0.4, -0.2) is 24.8 Å². The van der Waals surface area contributed by atoms with Gasteiger partial charge >= 0.3 is 0 Å². The van der Waals surface area contributed by atoms with Gasteiger partial charge in [0.15, 0.2) is 9.84 Å². The highest BCUT2D eigenvalue weighted by Gasteiger charge is 2.07. The molecule has 20 heavy (non-hydrogen) atoms. The molecule has 0 aliphatic carbocycles. The van der Waals surface area contributed by atoms with E-state index in [1.165, 1.54) is 18.3 Å². The van der Waals surface area contributed by atoms with Gasteiger partial charge in [0.25, 0.3) is 0 Å². The second kappa shape index (κ2) is 5.60. The average molecular weight is 293 g/mol. The van der Waals surface area contributed by atoms with Gasteiger partial charge in [0.05, 0.1) is 22.9 Å². The smallest absolute Gasteiger partial charge is 0.175 e. The van der Waals surface area contributed by atoms with Crippen molar-refractivity contribution < 1.29 is 18.3 Å². The number of rotatable bonds is 4. The zero-order chi connectivity index (χ0) is 14.8. The Kier molecular flexibility index (Phi) is 4.06. The predicted molar refractivity (Wildman–Crippen MR) is 74.5 cm³/mol. The Hall–Kier alpha value is -1.92. The minimum Gasteiger partial charge on any atom is -0.456 e. The van der Waals surface area contributed by atoms with Crippen LogP contribution >= 0.6 is 0 Å². The molecule has 0 fully saturated rings. The second-order valence-corrected chi connectivity index (χ2v) is 6.46. The topological polar surface area (TPSA) is 76.5 Å². The Morgan fingerprint density at radius 1 is 1.10 bits per heavy atom. The fraction of sp³-hybridized carbons (Fsp3) is 0.214. The number of hydrogen-bond donors (Lipinski definition) is 1. The summed E-state index contributed by atoms with van der Waals surface area (Å²) < 4.78 is 28.2. The molecular formula is C14H15NO4S. The summed E-state index contributed by atoms with van der Waals surface area (Å²) in [6.07, 6.45) is 2.03. The molecule has 1 heterocycles. The van der Waals surface area contributed by atoms with Crippen LogP contribution in [0.15, 0.2) is 47.5 Å². The molecule has 0 radical (unpaired) electrons. The first-order valence-electron chi connectivity index (χ1n) is 5.98. The number of benzene rings is 1. The number of ether oxygens (including phenoxy) is 1. The van der Waals surface area contributed by atoms with Crippen molar-refractivity contribution >= 4 is 9.84 Å². The van der Waals surface area contributed by atoms with Gasteiger partial charge in [0.1, 0.15) is 11.5 Å². The molecular weight excluding hydrogens is 278 g/mol. The van der Waals surface area contributed by atoms with Crippen LogP contribution in [0.2, 0.25) is 0 Å². The molecule has 2 aromatic rings. The molecule has 1 aromatic carbocycles. The first kappa shape index (κ1) is 14.5. The van der Waals surface area contributed by atoms with Crippen LogP contribution in [0.3, 0.4) is 0 Å². The number of aliphatic hydroxyl groups is 1. The number of pyridine rings is 1. The van der Waals surface area contributed by atoms with Crippen LogP contribution in [0.25, 0.3) is 0 Å². The zero-order valence-corrected chi connectivity index (χ0v) is 12.0. The minimum absolute atomic E-state index is 0.243. The Balaban J connectivity index is 2.14. The molecule has 0 saturated heterocycles. The van der Waals surface area contributed by atoms with E-state index >= 15 is 0 Å². The van der Waals surface area contributed by atoms with Crippen molar-refractivity contribution in [2.75, 3.05) is 6.26 Å². The molecule has 1 aromatic heterocycles. The minimum atomic E-state index is -3.20. The van der Waals surface area contributed by atoms with Crippen molar-refractivity contribution in [2.24, 2.45) is 0 Å². The molecule has 0 amide bonds. The van der Waals surface area contributed by atoms with E-state index in [9.17, 15) is 13.5 Å². The molecule has 106 valence electrons. The van der Waals surface area contributed by atoms with E-state index in [0.29, 0.717) is 17.2 Å². The summed E-state index contributed by atoms with van der Waals surface area (Å²) in [4.78, 5) is 4.30. The highest BCUT2D eigenvalue weighted by atomic mass is 32.2. The number of nitrogens with zero attached hydrogens (tertiary/aromatic N) is 1. The third-order valence-electron chi connectivity index (χ3n) is 2.67. The standard InChI is InChI=1S/C14H15NO4S/c1-10(16)14-8-5-12(9-15-14)19-11-3-6-13(7-4-11)20(2,17)18/h3-10,16H,1-2H3. The van der Waals surface area contributed by atoms with Gasteiger partial charge in [-0.2, -0.15) is 0 Å². The van der Waals surface area contributed by atoms with Crippen molar-refractivity contribution in [3.63, 3.8) is 0 Å². The van der Waals surface area contributed by atoms with Crippen molar-refractivity contribution in [1.82, 2.24) is 4.98 Å². The lowest BCUT2D eigenvalue weighted by Crippen LogP contribution is -1.97. The molecule has 6 heteroatoms. The van der Waals surface area contributed by atoms with Crippen molar-refractivity contribution in [1.29, 1.82) is 0 Å². The molecule has 1 unspecified atom stereocenters. The summed E-state index contributed by atoms with van der Waals surface area (Å²) in [6, 6.07) is 9.51. The van der Waals surface area contributed by atoms with Crippen LogP contribution in [0, 0.1) is 0 Å². The van der Waals surface area contributed by atoms with Crippen LogP contribution < -0.4 is 4.74 Å². The van der Waals surface area contributed by atoms with Crippen LogP contribution in [0.5, 0.6) is 11.5 Å². The van der Waals surface area contributed by atoms with Gasteiger partial charge in [-0.15, -0.1) is 0 Å². The van der Waals surface area contributed by atoms with Gasteiger partial charge in [-0.1, -0.05) is 0 Å². The quantitative estimate of drug-likeness (QED) is 0.936. The highest BCUT2D eigenvalue weighted by molar-refractivity contribution is 7.90. The molecule has 1 N–H and O–H groups in total. The van der Waals surface area contributed by atoms with Crippen molar-refractivity contribution in [3.8, 4) is 11.5 Å². The number of aromatic nitrogens is 1. The van der Waals surface area contributed by atoms with Gasteiger partial charge in [0, 0.05) is 6.26 Å². The van der Waals surface area contributed by atoms with E-state index in [4.69, 9.17) is 4.74 Å². The molecule has 0 bridgehead atoms. The number of sulfone groups is 1.